The van der Waals surface area contributed by atoms with Gasteiger partial charge in [0.15, 0.2) is 0 Å². The maximum atomic E-state index is 9.43. The lowest BCUT2D eigenvalue weighted by Gasteiger charge is -2.12. The second-order valence-corrected chi connectivity index (χ2v) is 5.85. The van der Waals surface area contributed by atoms with Crippen molar-refractivity contribution in [2.45, 2.75) is 26.6 Å². The van der Waals surface area contributed by atoms with Gasteiger partial charge in [-0.1, -0.05) is 24.3 Å². The van der Waals surface area contributed by atoms with E-state index < -0.39 is 0 Å². The summed E-state index contributed by atoms with van der Waals surface area (Å²) in [4.78, 5) is 8.80. The number of aryl methyl sites for hydroxylation is 1. The van der Waals surface area contributed by atoms with E-state index in [0.717, 1.165) is 28.2 Å². The van der Waals surface area contributed by atoms with Gasteiger partial charge in [-0.2, -0.15) is 10.1 Å². The number of aliphatic hydroxyl groups is 2. The molecule has 8 heteroatoms. The van der Waals surface area contributed by atoms with E-state index in [1.54, 1.807) is 23.3 Å². The number of nitrogens with zero attached hydrogens (tertiary/aromatic N) is 4. The highest BCUT2D eigenvalue weighted by atomic mass is 16.3. The van der Waals surface area contributed by atoms with Gasteiger partial charge in [-0.3, -0.25) is 4.68 Å². The molecule has 26 heavy (non-hydrogen) atoms. The standard InChI is InChI=1S/C18H22N6O2/c1-13-8-20-18(22-16-10-21-24(11-16)6-7-25)23-17(13)19-9-14-4-2-3-5-15(14)12-26/h2-5,8,10-11,25-26H,6-7,9,12H2,1H3,(H2,19,20,22,23). The summed E-state index contributed by atoms with van der Waals surface area (Å²) < 4.78 is 1.64. The first-order valence-corrected chi connectivity index (χ1v) is 8.35. The molecule has 2 aromatic heterocycles. The molecular weight excluding hydrogens is 332 g/mol. The monoisotopic (exact) mass is 354 g/mol. The van der Waals surface area contributed by atoms with Crippen molar-refractivity contribution in [3.8, 4) is 0 Å². The van der Waals surface area contributed by atoms with Crippen LogP contribution in [0.2, 0.25) is 0 Å². The molecule has 0 atom stereocenters. The van der Waals surface area contributed by atoms with Gasteiger partial charge in [-0.15, -0.1) is 0 Å². The van der Waals surface area contributed by atoms with Gasteiger partial charge in [-0.25, -0.2) is 4.98 Å². The molecule has 0 aliphatic heterocycles. The number of aliphatic hydroxyl groups excluding tert-OH is 2. The molecule has 0 saturated carbocycles. The van der Waals surface area contributed by atoms with Crippen LogP contribution in [0.4, 0.5) is 17.5 Å². The number of hydrogen-bond donors (Lipinski definition) is 4. The predicted molar refractivity (Wildman–Crippen MR) is 99.1 cm³/mol. The van der Waals surface area contributed by atoms with Gasteiger partial charge in [-0.05, 0) is 18.1 Å². The normalized spacial score (nSPS) is 10.7. The molecule has 0 aliphatic carbocycles. The van der Waals surface area contributed by atoms with Crippen LogP contribution in [0, 0.1) is 6.92 Å². The Balaban J connectivity index is 1.70. The summed E-state index contributed by atoms with van der Waals surface area (Å²) in [5.74, 6) is 1.18. The van der Waals surface area contributed by atoms with Crippen LogP contribution in [-0.4, -0.2) is 36.6 Å². The summed E-state index contributed by atoms with van der Waals surface area (Å²) in [6.45, 7) is 2.97. The molecule has 136 valence electrons. The second kappa shape index (κ2) is 8.41. The minimum atomic E-state index is 0.00520. The smallest absolute Gasteiger partial charge is 0.229 e. The molecule has 4 N–H and O–H groups in total. The van der Waals surface area contributed by atoms with Crippen LogP contribution in [0.1, 0.15) is 16.7 Å². The molecule has 2 heterocycles. The van der Waals surface area contributed by atoms with Crippen LogP contribution in [0.5, 0.6) is 0 Å². The van der Waals surface area contributed by atoms with E-state index in [2.05, 4.69) is 25.7 Å². The van der Waals surface area contributed by atoms with Crippen LogP contribution in [0.3, 0.4) is 0 Å². The molecule has 0 bridgehead atoms. The molecular formula is C18H22N6O2. The Kier molecular flexibility index (Phi) is 5.77. The molecule has 3 rings (SSSR count). The molecule has 3 aromatic rings. The van der Waals surface area contributed by atoms with Crippen molar-refractivity contribution in [1.29, 1.82) is 0 Å². The van der Waals surface area contributed by atoms with Gasteiger partial charge in [0.25, 0.3) is 0 Å². The van der Waals surface area contributed by atoms with Crippen LogP contribution in [0.15, 0.2) is 42.9 Å². The molecule has 1 aromatic carbocycles. The molecule has 0 aliphatic rings. The number of aromatic nitrogens is 4. The van der Waals surface area contributed by atoms with Crippen molar-refractivity contribution in [1.82, 2.24) is 19.7 Å². The number of hydrogen-bond acceptors (Lipinski definition) is 7. The van der Waals surface area contributed by atoms with Gasteiger partial charge in [0.05, 0.1) is 31.6 Å². The van der Waals surface area contributed by atoms with Crippen LogP contribution in [0.25, 0.3) is 0 Å². The number of nitrogens with one attached hydrogen (secondary N) is 2. The average molecular weight is 354 g/mol. The maximum Gasteiger partial charge on any atom is 0.229 e. The Morgan fingerprint density at radius 1 is 1.12 bits per heavy atom. The third-order valence-corrected chi connectivity index (χ3v) is 3.93. The first-order valence-electron chi connectivity index (χ1n) is 8.35. The maximum absolute atomic E-state index is 9.43. The molecule has 0 unspecified atom stereocenters. The van der Waals surface area contributed by atoms with E-state index in [1.165, 1.54) is 0 Å². The zero-order valence-electron chi connectivity index (χ0n) is 14.6. The van der Waals surface area contributed by atoms with Crippen molar-refractivity contribution >= 4 is 17.5 Å². The number of rotatable bonds is 8. The van der Waals surface area contributed by atoms with Crippen LogP contribution >= 0.6 is 0 Å². The first-order chi connectivity index (χ1) is 12.7. The largest absolute Gasteiger partial charge is 0.394 e. The lowest BCUT2D eigenvalue weighted by molar-refractivity contribution is 0.269. The summed E-state index contributed by atoms with van der Waals surface area (Å²) in [5, 5.41) is 28.9. The van der Waals surface area contributed by atoms with Crippen LogP contribution in [-0.2, 0) is 19.7 Å². The van der Waals surface area contributed by atoms with E-state index >= 15 is 0 Å². The van der Waals surface area contributed by atoms with Crippen molar-refractivity contribution in [3.05, 3.63) is 59.5 Å². The SMILES string of the molecule is Cc1cnc(Nc2cnn(CCO)c2)nc1NCc1ccccc1CO. The third kappa shape index (κ3) is 4.35. The fourth-order valence-electron chi connectivity index (χ4n) is 2.53. The summed E-state index contributed by atoms with van der Waals surface area (Å²) >= 11 is 0. The van der Waals surface area contributed by atoms with Gasteiger partial charge in [0.2, 0.25) is 5.95 Å². The topological polar surface area (TPSA) is 108 Å². The zero-order valence-corrected chi connectivity index (χ0v) is 14.6. The molecule has 0 fully saturated rings. The lowest BCUT2D eigenvalue weighted by Crippen LogP contribution is -2.08. The van der Waals surface area contributed by atoms with Crippen LogP contribution < -0.4 is 10.6 Å². The predicted octanol–water partition coefficient (Wildman–Crippen LogP) is 1.82. The first kappa shape index (κ1) is 17.8. The Bertz CT molecular complexity index is 864. The minimum Gasteiger partial charge on any atom is -0.394 e. The van der Waals surface area contributed by atoms with Crippen molar-refractivity contribution in [3.63, 3.8) is 0 Å². The van der Waals surface area contributed by atoms with Crippen molar-refractivity contribution in [2.24, 2.45) is 0 Å². The Labute approximate surface area is 151 Å². The summed E-state index contributed by atoms with van der Waals surface area (Å²) in [6, 6.07) is 7.73. The van der Waals surface area contributed by atoms with Crippen molar-refractivity contribution in [2.75, 3.05) is 17.2 Å². The quantitative estimate of drug-likeness (QED) is 0.489. The minimum absolute atomic E-state index is 0.00520. The molecule has 8 nitrogen and oxygen atoms in total. The van der Waals surface area contributed by atoms with Crippen molar-refractivity contribution < 1.29 is 10.2 Å². The highest BCUT2D eigenvalue weighted by molar-refractivity contribution is 5.54. The summed E-state index contributed by atoms with van der Waals surface area (Å²) in [6.07, 6.45) is 5.18. The van der Waals surface area contributed by atoms with Gasteiger partial charge < -0.3 is 20.8 Å². The Hall–Kier alpha value is -2.97. The van der Waals surface area contributed by atoms with Gasteiger partial charge in [0.1, 0.15) is 5.82 Å². The molecule has 0 amide bonds. The third-order valence-electron chi connectivity index (χ3n) is 3.93. The fourth-order valence-corrected chi connectivity index (χ4v) is 2.53. The molecule has 0 radical (unpaired) electrons. The Morgan fingerprint density at radius 3 is 2.69 bits per heavy atom. The average Bonchev–Trinajstić information content (AvgIpc) is 3.09. The molecule has 0 saturated heterocycles. The van der Waals surface area contributed by atoms with Gasteiger partial charge in [0, 0.05) is 24.5 Å². The summed E-state index contributed by atoms with van der Waals surface area (Å²) in [5.41, 5.74) is 3.58. The summed E-state index contributed by atoms with van der Waals surface area (Å²) in [7, 11) is 0. The highest BCUT2D eigenvalue weighted by Gasteiger charge is 2.07. The van der Waals surface area contributed by atoms with E-state index in [4.69, 9.17) is 5.11 Å². The lowest BCUT2D eigenvalue weighted by atomic mass is 10.1. The van der Waals surface area contributed by atoms with E-state index in [9.17, 15) is 5.11 Å². The van der Waals surface area contributed by atoms with E-state index in [-0.39, 0.29) is 13.2 Å². The fraction of sp³-hybridized carbons (Fsp3) is 0.278. The Morgan fingerprint density at radius 2 is 1.92 bits per heavy atom. The second-order valence-electron chi connectivity index (χ2n) is 5.85. The molecule has 0 spiro atoms. The highest BCUT2D eigenvalue weighted by Crippen LogP contribution is 2.18. The number of benzene rings is 1. The van der Waals surface area contributed by atoms with E-state index in [0.29, 0.717) is 19.0 Å². The van der Waals surface area contributed by atoms with Gasteiger partial charge >= 0.3 is 0 Å². The van der Waals surface area contributed by atoms with E-state index in [1.807, 2.05) is 31.2 Å². The zero-order chi connectivity index (χ0) is 18.4. The number of anilines is 3.